The summed E-state index contributed by atoms with van der Waals surface area (Å²) in [6.45, 7) is 7.14. The van der Waals surface area contributed by atoms with Crippen LogP contribution in [0, 0.1) is 0 Å². The summed E-state index contributed by atoms with van der Waals surface area (Å²) in [5.74, 6) is 0.520. The fourth-order valence-corrected chi connectivity index (χ4v) is 2.44. The number of rotatable bonds is 9. The van der Waals surface area contributed by atoms with Gasteiger partial charge >= 0.3 is 5.97 Å². The number of hydrogen-bond acceptors (Lipinski definition) is 4. The second-order valence-corrected chi connectivity index (χ2v) is 6.63. The Morgan fingerprint density at radius 2 is 1.62 bits per heavy atom. The van der Waals surface area contributed by atoms with E-state index in [0.29, 0.717) is 12.4 Å². The van der Waals surface area contributed by atoms with Crippen molar-refractivity contribution in [1.29, 1.82) is 0 Å². The van der Waals surface area contributed by atoms with Crippen LogP contribution in [0.2, 0.25) is 0 Å². The SMILES string of the molecule is CCC(C)(C)c1ccc(OCCOc2cc(OC)ccc2C(=O)O)cc1. The number of carbonyl (C=O) groups is 1. The van der Waals surface area contributed by atoms with Gasteiger partial charge in [0.25, 0.3) is 0 Å². The molecule has 2 rings (SSSR count). The standard InChI is InChI=1S/C21H26O5/c1-5-21(2,3)15-6-8-16(9-7-15)25-12-13-26-19-14-17(24-4)10-11-18(19)20(22)23/h6-11,14H,5,12-13H2,1-4H3,(H,22,23). The van der Waals surface area contributed by atoms with E-state index in [1.54, 1.807) is 12.1 Å². The summed E-state index contributed by atoms with van der Waals surface area (Å²) in [4.78, 5) is 11.3. The van der Waals surface area contributed by atoms with Crippen LogP contribution in [0.4, 0.5) is 0 Å². The van der Waals surface area contributed by atoms with Crippen LogP contribution >= 0.6 is 0 Å². The van der Waals surface area contributed by atoms with Gasteiger partial charge in [-0.25, -0.2) is 4.79 Å². The highest BCUT2D eigenvalue weighted by Crippen LogP contribution is 2.28. The van der Waals surface area contributed by atoms with Crippen LogP contribution in [0.1, 0.15) is 43.1 Å². The van der Waals surface area contributed by atoms with Gasteiger partial charge < -0.3 is 19.3 Å². The molecular weight excluding hydrogens is 332 g/mol. The van der Waals surface area contributed by atoms with Gasteiger partial charge in [-0.2, -0.15) is 0 Å². The molecule has 2 aromatic rings. The molecule has 0 aliphatic rings. The van der Waals surface area contributed by atoms with E-state index in [2.05, 4.69) is 32.9 Å². The maximum atomic E-state index is 11.3. The van der Waals surface area contributed by atoms with Crippen molar-refractivity contribution in [2.45, 2.75) is 32.6 Å². The predicted octanol–water partition coefficient (Wildman–Crippen LogP) is 4.54. The first-order chi connectivity index (χ1) is 12.4. The Labute approximate surface area is 154 Å². The van der Waals surface area contributed by atoms with Crippen molar-refractivity contribution in [3.63, 3.8) is 0 Å². The fourth-order valence-electron chi connectivity index (χ4n) is 2.44. The molecule has 0 amide bonds. The molecule has 0 bridgehead atoms. The average Bonchev–Trinajstić information content (AvgIpc) is 2.65. The lowest BCUT2D eigenvalue weighted by atomic mass is 9.82. The van der Waals surface area contributed by atoms with Crippen LogP contribution < -0.4 is 14.2 Å². The highest BCUT2D eigenvalue weighted by Gasteiger charge is 2.17. The van der Waals surface area contributed by atoms with Crippen molar-refractivity contribution in [3.05, 3.63) is 53.6 Å². The van der Waals surface area contributed by atoms with Gasteiger partial charge in [-0.15, -0.1) is 0 Å². The molecule has 0 saturated heterocycles. The molecule has 0 aliphatic heterocycles. The Bertz CT molecular complexity index is 735. The van der Waals surface area contributed by atoms with Gasteiger partial charge in [0, 0.05) is 6.07 Å². The molecule has 5 nitrogen and oxygen atoms in total. The highest BCUT2D eigenvalue weighted by atomic mass is 16.5. The van der Waals surface area contributed by atoms with Crippen LogP contribution in [-0.4, -0.2) is 31.4 Å². The second kappa shape index (κ2) is 8.61. The number of hydrogen-bond donors (Lipinski definition) is 1. The smallest absolute Gasteiger partial charge is 0.339 e. The van der Waals surface area contributed by atoms with E-state index in [0.717, 1.165) is 12.2 Å². The van der Waals surface area contributed by atoms with Gasteiger partial charge in [0.15, 0.2) is 0 Å². The van der Waals surface area contributed by atoms with E-state index in [1.165, 1.54) is 18.7 Å². The van der Waals surface area contributed by atoms with Crippen LogP contribution in [0.3, 0.4) is 0 Å². The molecule has 0 heterocycles. The summed E-state index contributed by atoms with van der Waals surface area (Å²) in [5.41, 5.74) is 1.50. The molecule has 0 spiro atoms. The second-order valence-electron chi connectivity index (χ2n) is 6.63. The highest BCUT2D eigenvalue weighted by molar-refractivity contribution is 5.91. The summed E-state index contributed by atoms with van der Waals surface area (Å²) in [6, 6.07) is 12.7. The van der Waals surface area contributed by atoms with Gasteiger partial charge in [-0.05, 0) is 41.7 Å². The number of methoxy groups -OCH3 is 1. The fraction of sp³-hybridized carbons (Fsp3) is 0.381. The lowest BCUT2D eigenvalue weighted by molar-refractivity contribution is 0.0691. The van der Waals surface area contributed by atoms with Crippen molar-refractivity contribution >= 4 is 5.97 Å². The van der Waals surface area contributed by atoms with Gasteiger partial charge in [0.2, 0.25) is 0 Å². The third kappa shape index (κ3) is 4.91. The van der Waals surface area contributed by atoms with Gasteiger partial charge in [-0.1, -0.05) is 32.9 Å². The summed E-state index contributed by atoms with van der Waals surface area (Å²) in [6.07, 6.45) is 1.06. The number of ether oxygens (including phenoxy) is 3. The molecule has 140 valence electrons. The Morgan fingerprint density at radius 1 is 1.00 bits per heavy atom. The maximum Gasteiger partial charge on any atom is 0.339 e. The van der Waals surface area contributed by atoms with E-state index in [-0.39, 0.29) is 23.3 Å². The minimum atomic E-state index is -1.04. The van der Waals surface area contributed by atoms with Crippen LogP contribution in [0.5, 0.6) is 17.2 Å². The molecule has 2 aromatic carbocycles. The quantitative estimate of drug-likeness (QED) is 0.667. The molecule has 26 heavy (non-hydrogen) atoms. The zero-order chi connectivity index (χ0) is 19.2. The number of carboxylic acids is 1. The molecule has 0 fully saturated rings. The first-order valence-electron chi connectivity index (χ1n) is 8.65. The minimum Gasteiger partial charge on any atom is -0.497 e. The minimum absolute atomic E-state index is 0.0944. The Hall–Kier alpha value is -2.69. The summed E-state index contributed by atoms with van der Waals surface area (Å²) in [7, 11) is 1.52. The zero-order valence-electron chi connectivity index (χ0n) is 15.7. The Balaban J connectivity index is 1.92. The average molecular weight is 358 g/mol. The summed E-state index contributed by atoms with van der Waals surface area (Å²) in [5, 5.41) is 9.22. The van der Waals surface area contributed by atoms with Crippen LogP contribution in [-0.2, 0) is 5.41 Å². The molecule has 0 aliphatic carbocycles. The zero-order valence-corrected chi connectivity index (χ0v) is 15.7. The third-order valence-electron chi connectivity index (χ3n) is 4.55. The van der Waals surface area contributed by atoms with E-state index < -0.39 is 5.97 Å². The molecule has 0 atom stereocenters. The normalized spacial score (nSPS) is 11.1. The maximum absolute atomic E-state index is 11.3. The number of carboxylic acid groups (broad SMARTS) is 1. The van der Waals surface area contributed by atoms with Crippen molar-refractivity contribution in [2.75, 3.05) is 20.3 Å². The molecule has 1 N–H and O–H groups in total. The number of aromatic carboxylic acids is 1. The van der Waals surface area contributed by atoms with Gasteiger partial charge in [0.1, 0.15) is 36.0 Å². The first-order valence-corrected chi connectivity index (χ1v) is 8.65. The van der Waals surface area contributed by atoms with E-state index in [4.69, 9.17) is 14.2 Å². The van der Waals surface area contributed by atoms with Crippen LogP contribution in [0.25, 0.3) is 0 Å². The Morgan fingerprint density at radius 3 is 2.19 bits per heavy atom. The molecule has 5 heteroatoms. The molecule has 0 unspecified atom stereocenters. The van der Waals surface area contributed by atoms with E-state index in [9.17, 15) is 9.90 Å². The lowest BCUT2D eigenvalue weighted by Gasteiger charge is -2.23. The lowest BCUT2D eigenvalue weighted by Crippen LogP contribution is -2.15. The van der Waals surface area contributed by atoms with Crippen molar-refractivity contribution in [2.24, 2.45) is 0 Å². The largest absolute Gasteiger partial charge is 0.497 e. The Kier molecular flexibility index (Phi) is 6.50. The molecular formula is C21H26O5. The van der Waals surface area contributed by atoms with Gasteiger partial charge in [-0.3, -0.25) is 0 Å². The molecule has 0 aromatic heterocycles. The molecule has 0 saturated carbocycles. The van der Waals surface area contributed by atoms with Gasteiger partial charge in [0.05, 0.1) is 7.11 Å². The molecule has 0 radical (unpaired) electrons. The van der Waals surface area contributed by atoms with Crippen molar-refractivity contribution < 1.29 is 24.1 Å². The van der Waals surface area contributed by atoms with Crippen LogP contribution in [0.15, 0.2) is 42.5 Å². The monoisotopic (exact) mass is 358 g/mol. The summed E-state index contributed by atoms with van der Waals surface area (Å²) < 4.78 is 16.4. The third-order valence-corrected chi connectivity index (χ3v) is 4.55. The topological polar surface area (TPSA) is 65.0 Å². The number of benzene rings is 2. The summed E-state index contributed by atoms with van der Waals surface area (Å²) >= 11 is 0. The van der Waals surface area contributed by atoms with Crippen molar-refractivity contribution in [3.8, 4) is 17.2 Å². The first kappa shape index (κ1) is 19.6. The predicted molar refractivity (Wildman–Crippen MR) is 101 cm³/mol. The van der Waals surface area contributed by atoms with E-state index >= 15 is 0 Å². The van der Waals surface area contributed by atoms with Crippen molar-refractivity contribution in [1.82, 2.24) is 0 Å². The van der Waals surface area contributed by atoms with E-state index in [1.807, 2.05) is 12.1 Å².